The molecule has 1 aliphatic rings. The van der Waals surface area contributed by atoms with Gasteiger partial charge in [-0.1, -0.05) is 19.1 Å². The zero-order valence-electron chi connectivity index (χ0n) is 12.8. The molecular weight excluding hydrogens is 264 g/mol. The van der Waals surface area contributed by atoms with Crippen LogP contribution in [0.5, 0.6) is 5.75 Å². The first-order valence-corrected chi connectivity index (χ1v) is 7.59. The van der Waals surface area contributed by atoms with E-state index in [4.69, 9.17) is 4.74 Å². The molecule has 0 aromatic heterocycles. The smallest absolute Gasteiger partial charge is 0.246 e. The summed E-state index contributed by atoms with van der Waals surface area (Å²) in [6, 6.07) is 8.11. The molecule has 1 aliphatic heterocycles. The molecule has 4 nitrogen and oxygen atoms in total. The third kappa shape index (κ3) is 4.60. The number of carbonyl (C=O) groups excluding carboxylic acids is 1. The van der Waals surface area contributed by atoms with E-state index in [-0.39, 0.29) is 5.91 Å². The number of amides is 1. The number of benzene rings is 1. The summed E-state index contributed by atoms with van der Waals surface area (Å²) in [5.41, 5.74) is 1.00. The third-order valence-corrected chi connectivity index (χ3v) is 3.70. The fourth-order valence-corrected chi connectivity index (χ4v) is 2.33. The quantitative estimate of drug-likeness (QED) is 0.817. The van der Waals surface area contributed by atoms with E-state index >= 15 is 0 Å². The summed E-state index contributed by atoms with van der Waals surface area (Å²) in [5, 5.41) is 3.27. The number of hydrogen-bond donors (Lipinski definition) is 1. The highest BCUT2D eigenvalue weighted by molar-refractivity contribution is 5.91. The third-order valence-electron chi connectivity index (χ3n) is 3.70. The van der Waals surface area contributed by atoms with Crippen LogP contribution in [0.1, 0.15) is 25.3 Å². The zero-order chi connectivity index (χ0) is 15.1. The maximum absolute atomic E-state index is 12.1. The minimum atomic E-state index is 0.0509. The molecule has 2 rings (SSSR count). The summed E-state index contributed by atoms with van der Waals surface area (Å²) in [7, 11) is 1.87. The highest BCUT2D eigenvalue weighted by Crippen LogP contribution is 2.14. The first kappa shape index (κ1) is 15.6. The summed E-state index contributed by atoms with van der Waals surface area (Å²) in [6.07, 6.45) is 5.52. The van der Waals surface area contributed by atoms with Crippen molar-refractivity contribution in [3.63, 3.8) is 0 Å². The molecule has 1 saturated heterocycles. The molecule has 4 heteroatoms. The summed E-state index contributed by atoms with van der Waals surface area (Å²) < 4.78 is 5.54. The summed E-state index contributed by atoms with van der Waals surface area (Å²) in [6.45, 7) is 4.69. The average Bonchev–Trinajstić information content (AvgIpc) is 3.05. The molecule has 1 aromatic carbocycles. The van der Waals surface area contributed by atoms with Crippen molar-refractivity contribution in [2.45, 2.75) is 25.8 Å². The van der Waals surface area contributed by atoms with Gasteiger partial charge < -0.3 is 15.0 Å². The van der Waals surface area contributed by atoms with Crippen LogP contribution in [0.25, 0.3) is 6.08 Å². The normalized spacial score (nSPS) is 18.1. The van der Waals surface area contributed by atoms with Crippen LogP contribution in [0.2, 0.25) is 0 Å². The lowest BCUT2D eigenvalue weighted by atomic mass is 10.2. The second kappa shape index (κ2) is 7.84. The Labute approximate surface area is 126 Å². The molecule has 1 heterocycles. The van der Waals surface area contributed by atoms with Gasteiger partial charge in [0.05, 0.1) is 6.61 Å². The van der Waals surface area contributed by atoms with E-state index in [1.807, 2.05) is 42.3 Å². The van der Waals surface area contributed by atoms with Gasteiger partial charge in [-0.05, 0) is 43.2 Å². The van der Waals surface area contributed by atoms with Gasteiger partial charge in [-0.2, -0.15) is 0 Å². The molecule has 1 atom stereocenters. The Morgan fingerprint density at radius 1 is 1.43 bits per heavy atom. The Balaban J connectivity index is 1.89. The van der Waals surface area contributed by atoms with Crippen LogP contribution in [0.3, 0.4) is 0 Å². The average molecular weight is 288 g/mol. The predicted octanol–water partition coefficient (Wildman–Crippen LogP) is 2.31. The molecular formula is C17H24N2O2. The van der Waals surface area contributed by atoms with E-state index < -0.39 is 0 Å². The second-order valence-electron chi connectivity index (χ2n) is 5.35. The minimum absolute atomic E-state index is 0.0509. The van der Waals surface area contributed by atoms with E-state index in [1.54, 1.807) is 6.08 Å². The largest absolute Gasteiger partial charge is 0.494 e. The van der Waals surface area contributed by atoms with Crippen LogP contribution in [0.4, 0.5) is 0 Å². The lowest BCUT2D eigenvalue weighted by molar-refractivity contribution is -0.126. The number of ether oxygens (including phenoxy) is 1. The molecule has 1 fully saturated rings. The van der Waals surface area contributed by atoms with Gasteiger partial charge in [-0.3, -0.25) is 4.79 Å². The van der Waals surface area contributed by atoms with E-state index in [1.165, 1.54) is 0 Å². The number of nitrogens with zero attached hydrogens (tertiary/aromatic N) is 1. The van der Waals surface area contributed by atoms with Crippen molar-refractivity contribution in [3.8, 4) is 5.75 Å². The maximum atomic E-state index is 12.1. The lowest BCUT2D eigenvalue weighted by Crippen LogP contribution is -2.37. The minimum Gasteiger partial charge on any atom is -0.494 e. The molecule has 1 aromatic rings. The molecule has 21 heavy (non-hydrogen) atoms. The lowest BCUT2D eigenvalue weighted by Gasteiger charge is -2.22. The highest BCUT2D eigenvalue weighted by atomic mass is 16.5. The Bertz CT molecular complexity index is 476. The predicted molar refractivity (Wildman–Crippen MR) is 85.3 cm³/mol. The van der Waals surface area contributed by atoms with Gasteiger partial charge in [0.2, 0.25) is 5.91 Å². The van der Waals surface area contributed by atoms with Crippen molar-refractivity contribution < 1.29 is 9.53 Å². The Morgan fingerprint density at radius 2 is 2.19 bits per heavy atom. The van der Waals surface area contributed by atoms with Gasteiger partial charge in [0.25, 0.3) is 0 Å². The number of nitrogens with one attached hydrogen (secondary N) is 1. The Morgan fingerprint density at radius 3 is 2.81 bits per heavy atom. The molecule has 1 amide bonds. The van der Waals surface area contributed by atoms with Crippen LogP contribution < -0.4 is 10.1 Å². The van der Waals surface area contributed by atoms with Crippen molar-refractivity contribution >= 4 is 12.0 Å². The number of carbonyl (C=O) groups is 1. The number of rotatable bonds is 6. The second-order valence-corrected chi connectivity index (χ2v) is 5.35. The molecule has 0 bridgehead atoms. The van der Waals surface area contributed by atoms with Crippen molar-refractivity contribution in [1.29, 1.82) is 0 Å². The zero-order valence-corrected chi connectivity index (χ0v) is 12.8. The Kier molecular flexibility index (Phi) is 5.81. The monoisotopic (exact) mass is 288 g/mol. The molecule has 0 saturated carbocycles. The molecule has 0 aliphatic carbocycles. The summed E-state index contributed by atoms with van der Waals surface area (Å²) in [4.78, 5) is 13.9. The van der Waals surface area contributed by atoms with Crippen LogP contribution in [-0.2, 0) is 4.79 Å². The number of hydrogen-bond acceptors (Lipinski definition) is 3. The maximum Gasteiger partial charge on any atom is 0.246 e. The molecule has 0 radical (unpaired) electrons. The van der Waals surface area contributed by atoms with Crippen molar-refractivity contribution in [1.82, 2.24) is 10.2 Å². The van der Waals surface area contributed by atoms with Crippen LogP contribution >= 0.6 is 0 Å². The van der Waals surface area contributed by atoms with Crippen LogP contribution in [0.15, 0.2) is 30.3 Å². The van der Waals surface area contributed by atoms with E-state index in [2.05, 4.69) is 12.2 Å². The van der Waals surface area contributed by atoms with Gasteiger partial charge >= 0.3 is 0 Å². The summed E-state index contributed by atoms with van der Waals surface area (Å²) >= 11 is 0. The number of likely N-dealkylation sites (N-methyl/N-ethyl adjacent to an activating group) is 1. The molecule has 0 spiro atoms. The highest BCUT2D eigenvalue weighted by Gasteiger charge is 2.21. The van der Waals surface area contributed by atoms with E-state index in [0.717, 1.165) is 43.9 Å². The topological polar surface area (TPSA) is 41.6 Å². The van der Waals surface area contributed by atoms with Gasteiger partial charge in [-0.25, -0.2) is 0 Å². The van der Waals surface area contributed by atoms with Gasteiger partial charge in [0.1, 0.15) is 5.75 Å². The fraction of sp³-hybridized carbons (Fsp3) is 0.471. The van der Waals surface area contributed by atoms with Crippen LogP contribution in [-0.4, -0.2) is 43.6 Å². The summed E-state index contributed by atoms with van der Waals surface area (Å²) in [5.74, 6) is 0.921. The first-order valence-electron chi connectivity index (χ1n) is 7.59. The van der Waals surface area contributed by atoms with Crippen molar-refractivity contribution in [3.05, 3.63) is 35.9 Å². The standard InChI is InChI=1S/C17H24N2O2/c1-3-12-21-16-7-4-14(5-8-16)6-9-17(20)19(2)15-10-11-18-13-15/h4-9,15,18H,3,10-13H2,1-2H3/b9-6+. The van der Waals surface area contributed by atoms with Crippen LogP contribution in [0, 0.1) is 0 Å². The first-order chi connectivity index (χ1) is 10.2. The van der Waals surface area contributed by atoms with Gasteiger partial charge in [0, 0.05) is 25.7 Å². The molecule has 1 N–H and O–H groups in total. The van der Waals surface area contributed by atoms with Gasteiger partial charge in [0.15, 0.2) is 0 Å². The van der Waals surface area contributed by atoms with Gasteiger partial charge in [-0.15, -0.1) is 0 Å². The molecule has 114 valence electrons. The SMILES string of the molecule is CCCOc1ccc(/C=C/C(=O)N(C)C2CCNC2)cc1. The van der Waals surface area contributed by atoms with E-state index in [0.29, 0.717) is 6.04 Å². The van der Waals surface area contributed by atoms with Crippen molar-refractivity contribution in [2.24, 2.45) is 0 Å². The Hall–Kier alpha value is -1.81. The molecule has 1 unspecified atom stereocenters. The van der Waals surface area contributed by atoms with E-state index in [9.17, 15) is 4.79 Å². The fourth-order valence-electron chi connectivity index (χ4n) is 2.33. The van der Waals surface area contributed by atoms with Crippen molar-refractivity contribution in [2.75, 3.05) is 26.7 Å².